The Hall–Kier alpha value is -2.02. The molecule has 1 rings (SSSR count). The van der Waals surface area contributed by atoms with Gasteiger partial charge in [0.1, 0.15) is 5.75 Å². The third-order valence-corrected chi connectivity index (χ3v) is 3.00. The van der Waals surface area contributed by atoms with Crippen LogP contribution in [-0.4, -0.2) is 18.2 Å². The van der Waals surface area contributed by atoms with Crippen molar-refractivity contribution in [1.29, 1.82) is 5.26 Å². The number of nitrogens with zero attached hydrogens (tertiary/aromatic N) is 1. The molecule has 0 bridgehead atoms. The molecule has 1 N–H and O–H groups in total. The topological polar surface area (TPSA) is 70.3 Å². The molecular formula is C15H19NO3. The molecule has 0 heterocycles. The van der Waals surface area contributed by atoms with Gasteiger partial charge in [-0.05, 0) is 29.5 Å². The maximum atomic E-state index is 10.7. The zero-order valence-electron chi connectivity index (χ0n) is 11.5. The summed E-state index contributed by atoms with van der Waals surface area (Å²) in [5.41, 5.74) is 2.05. The number of carbonyl (C=O) groups is 1. The second-order valence-electron chi connectivity index (χ2n) is 4.86. The Bertz CT molecular complexity index is 489. The van der Waals surface area contributed by atoms with E-state index < -0.39 is 11.9 Å². The van der Waals surface area contributed by atoms with Crippen LogP contribution in [0.15, 0.2) is 18.2 Å². The fraction of sp³-hybridized carbons (Fsp3) is 0.467. The Labute approximate surface area is 113 Å². The Morgan fingerprint density at radius 2 is 2.16 bits per heavy atom. The van der Waals surface area contributed by atoms with Gasteiger partial charge in [-0.2, -0.15) is 5.26 Å². The summed E-state index contributed by atoms with van der Waals surface area (Å²) < 4.78 is 5.30. The molecule has 0 aliphatic heterocycles. The molecule has 0 aliphatic carbocycles. The molecule has 1 aromatic carbocycles. The van der Waals surface area contributed by atoms with Gasteiger partial charge in [0.2, 0.25) is 0 Å². The average molecular weight is 261 g/mol. The highest BCUT2D eigenvalue weighted by atomic mass is 16.5. The minimum absolute atomic E-state index is 0.125. The summed E-state index contributed by atoms with van der Waals surface area (Å²) in [5.74, 6) is -0.296. The summed E-state index contributed by atoms with van der Waals surface area (Å²) in [6.07, 6.45) is 0.325. The maximum Gasteiger partial charge on any atom is 0.304 e. The van der Waals surface area contributed by atoms with Gasteiger partial charge < -0.3 is 9.84 Å². The van der Waals surface area contributed by atoms with E-state index in [1.54, 1.807) is 7.11 Å². The maximum absolute atomic E-state index is 10.7. The first-order valence-corrected chi connectivity index (χ1v) is 6.26. The van der Waals surface area contributed by atoms with Gasteiger partial charge >= 0.3 is 5.97 Å². The fourth-order valence-corrected chi connectivity index (χ4v) is 2.02. The summed E-state index contributed by atoms with van der Waals surface area (Å²) in [6, 6.07) is 7.80. The number of methoxy groups -OCH3 is 1. The van der Waals surface area contributed by atoms with Gasteiger partial charge in [-0.1, -0.05) is 26.0 Å². The van der Waals surface area contributed by atoms with Crippen molar-refractivity contribution in [2.75, 3.05) is 7.11 Å². The number of hydrogen-bond donors (Lipinski definition) is 1. The van der Waals surface area contributed by atoms with Crippen molar-refractivity contribution in [2.24, 2.45) is 5.92 Å². The number of rotatable bonds is 6. The Balaban J connectivity index is 2.93. The molecule has 1 unspecified atom stereocenters. The van der Waals surface area contributed by atoms with Crippen LogP contribution in [0.2, 0.25) is 0 Å². The number of aliphatic carboxylic acids is 1. The van der Waals surface area contributed by atoms with E-state index in [1.165, 1.54) is 0 Å². The zero-order valence-corrected chi connectivity index (χ0v) is 11.5. The fourth-order valence-electron chi connectivity index (χ4n) is 2.02. The first-order valence-electron chi connectivity index (χ1n) is 6.26. The lowest BCUT2D eigenvalue weighted by Crippen LogP contribution is -2.09. The summed E-state index contributed by atoms with van der Waals surface area (Å²) in [4.78, 5) is 10.7. The summed E-state index contributed by atoms with van der Waals surface area (Å²) in [6.45, 7) is 4.14. The van der Waals surface area contributed by atoms with Crippen LogP contribution in [0.1, 0.15) is 37.3 Å². The molecular weight excluding hydrogens is 242 g/mol. The minimum Gasteiger partial charge on any atom is -0.496 e. The molecule has 4 heteroatoms. The van der Waals surface area contributed by atoms with Crippen LogP contribution in [0.5, 0.6) is 5.75 Å². The van der Waals surface area contributed by atoms with Crippen molar-refractivity contribution < 1.29 is 14.6 Å². The van der Waals surface area contributed by atoms with E-state index in [0.717, 1.165) is 16.9 Å². The van der Waals surface area contributed by atoms with Crippen LogP contribution in [0, 0.1) is 17.2 Å². The van der Waals surface area contributed by atoms with Gasteiger partial charge in [-0.3, -0.25) is 4.79 Å². The number of carboxylic acids is 1. The van der Waals surface area contributed by atoms with Gasteiger partial charge in [0.25, 0.3) is 0 Å². The zero-order chi connectivity index (χ0) is 14.4. The molecule has 0 aliphatic rings. The third-order valence-electron chi connectivity index (χ3n) is 3.00. The van der Waals surface area contributed by atoms with E-state index in [2.05, 4.69) is 13.8 Å². The Morgan fingerprint density at radius 3 is 2.63 bits per heavy atom. The van der Waals surface area contributed by atoms with Crippen LogP contribution < -0.4 is 4.74 Å². The normalized spacial score (nSPS) is 11.9. The second kappa shape index (κ2) is 6.79. The summed E-state index contributed by atoms with van der Waals surface area (Å²) >= 11 is 0. The van der Waals surface area contributed by atoms with Crippen LogP contribution in [0.4, 0.5) is 0 Å². The standard InChI is InChI=1S/C15H19NO3/c1-10(2)13-7-11(4-5-14(13)19-3)6-12(9-16)8-15(17)18/h4-5,7,10,12H,6,8H2,1-3H3,(H,17,18). The van der Waals surface area contributed by atoms with Gasteiger partial charge in [-0.25, -0.2) is 0 Å². The van der Waals surface area contributed by atoms with Crippen LogP contribution in [-0.2, 0) is 11.2 Å². The predicted octanol–water partition coefficient (Wildman–Crippen LogP) is 2.98. The number of hydrogen-bond acceptors (Lipinski definition) is 3. The van der Waals surface area contributed by atoms with Crippen molar-refractivity contribution in [3.8, 4) is 11.8 Å². The van der Waals surface area contributed by atoms with Crippen LogP contribution in [0.3, 0.4) is 0 Å². The van der Waals surface area contributed by atoms with E-state index in [0.29, 0.717) is 12.3 Å². The van der Waals surface area contributed by atoms with Crippen molar-refractivity contribution in [3.63, 3.8) is 0 Å². The monoisotopic (exact) mass is 261 g/mol. The Morgan fingerprint density at radius 1 is 1.47 bits per heavy atom. The Kier molecular flexibility index (Phi) is 5.37. The number of nitriles is 1. The van der Waals surface area contributed by atoms with E-state index in [1.807, 2.05) is 24.3 Å². The van der Waals surface area contributed by atoms with Crippen molar-refractivity contribution in [1.82, 2.24) is 0 Å². The molecule has 0 fully saturated rings. The summed E-state index contributed by atoms with van der Waals surface area (Å²) in [7, 11) is 1.63. The molecule has 0 amide bonds. The molecule has 0 radical (unpaired) electrons. The van der Waals surface area contributed by atoms with E-state index >= 15 is 0 Å². The smallest absolute Gasteiger partial charge is 0.304 e. The number of carboxylic acid groups (broad SMARTS) is 1. The molecule has 0 aromatic heterocycles. The average Bonchev–Trinajstić information content (AvgIpc) is 2.37. The number of ether oxygens (including phenoxy) is 1. The van der Waals surface area contributed by atoms with E-state index in [-0.39, 0.29) is 6.42 Å². The molecule has 19 heavy (non-hydrogen) atoms. The summed E-state index contributed by atoms with van der Waals surface area (Å²) in [5, 5.41) is 17.7. The van der Waals surface area contributed by atoms with Crippen LogP contribution in [0.25, 0.3) is 0 Å². The van der Waals surface area contributed by atoms with E-state index in [9.17, 15) is 4.79 Å². The first-order chi connectivity index (χ1) is 8.97. The predicted molar refractivity (Wildman–Crippen MR) is 72.1 cm³/mol. The van der Waals surface area contributed by atoms with Crippen molar-refractivity contribution in [2.45, 2.75) is 32.6 Å². The van der Waals surface area contributed by atoms with Gasteiger partial charge in [0.05, 0.1) is 25.5 Å². The SMILES string of the molecule is COc1ccc(CC(C#N)CC(=O)O)cc1C(C)C. The lowest BCUT2D eigenvalue weighted by atomic mass is 9.93. The van der Waals surface area contributed by atoms with Crippen molar-refractivity contribution in [3.05, 3.63) is 29.3 Å². The van der Waals surface area contributed by atoms with E-state index in [4.69, 9.17) is 15.1 Å². The molecule has 1 atom stereocenters. The highest BCUT2D eigenvalue weighted by molar-refractivity contribution is 5.67. The lowest BCUT2D eigenvalue weighted by molar-refractivity contribution is -0.137. The van der Waals surface area contributed by atoms with Gasteiger partial charge in [-0.15, -0.1) is 0 Å². The molecule has 0 saturated carbocycles. The first kappa shape index (κ1) is 15.0. The highest BCUT2D eigenvalue weighted by Gasteiger charge is 2.15. The molecule has 0 saturated heterocycles. The van der Waals surface area contributed by atoms with Crippen LogP contribution >= 0.6 is 0 Å². The minimum atomic E-state index is -0.941. The number of benzene rings is 1. The molecule has 1 aromatic rings. The molecule has 102 valence electrons. The second-order valence-corrected chi connectivity index (χ2v) is 4.86. The lowest BCUT2D eigenvalue weighted by Gasteiger charge is -2.14. The van der Waals surface area contributed by atoms with Crippen molar-refractivity contribution >= 4 is 5.97 Å². The van der Waals surface area contributed by atoms with Gasteiger partial charge in [0.15, 0.2) is 0 Å². The largest absolute Gasteiger partial charge is 0.496 e. The molecule has 0 spiro atoms. The quantitative estimate of drug-likeness (QED) is 0.854. The molecule has 4 nitrogen and oxygen atoms in total. The van der Waals surface area contributed by atoms with Gasteiger partial charge in [0, 0.05) is 0 Å². The third kappa shape index (κ3) is 4.29. The highest BCUT2D eigenvalue weighted by Crippen LogP contribution is 2.28.